The molecule has 0 bridgehead atoms. The Balaban J connectivity index is 4.66. The number of hydrogen-bond donors (Lipinski definition) is 2. The van der Waals surface area contributed by atoms with Crippen LogP contribution >= 0.6 is 0 Å². The van der Waals surface area contributed by atoms with Gasteiger partial charge in [0.2, 0.25) is 0 Å². The number of amides is 1. The van der Waals surface area contributed by atoms with E-state index in [1.54, 1.807) is 0 Å². The monoisotopic (exact) mass is 893 g/mol. The van der Waals surface area contributed by atoms with E-state index >= 15 is 0 Å². The van der Waals surface area contributed by atoms with Gasteiger partial charge in [-0.3, -0.25) is 9.59 Å². The van der Waals surface area contributed by atoms with E-state index in [4.69, 9.17) is 18.9 Å². The number of rotatable bonds is 47. The zero-order chi connectivity index (χ0) is 46.3. The normalized spacial score (nSPS) is 12.8. The highest BCUT2D eigenvalue weighted by atomic mass is 16.6. The number of alkyl carbamates (subject to hydrolysis) is 1. The third-order valence-corrected chi connectivity index (χ3v) is 11.8. The molecule has 0 fully saturated rings. The summed E-state index contributed by atoms with van der Waals surface area (Å²) < 4.78 is 22.8. The SMILES string of the molecule is CCCCC/C=C\C/C=C\CCCCCCCC(=O)OCC(COC(=O)CCCCCC(O)OC(CCCCCCCC)CCCCCCCC)COC(=O)NCCN(CC)CC. The first kappa shape index (κ1) is 60.6. The van der Waals surface area contributed by atoms with Gasteiger partial charge in [0, 0.05) is 25.9 Å². The number of allylic oxidation sites excluding steroid dienone is 4. The van der Waals surface area contributed by atoms with Crippen molar-refractivity contribution in [3.8, 4) is 0 Å². The van der Waals surface area contributed by atoms with Crippen LogP contribution in [-0.2, 0) is 28.5 Å². The zero-order valence-electron chi connectivity index (χ0n) is 41.7. The highest BCUT2D eigenvalue weighted by Gasteiger charge is 2.19. The molecule has 0 heterocycles. The van der Waals surface area contributed by atoms with Crippen molar-refractivity contribution in [2.45, 2.75) is 246 Å². The molecular weight excluding hydrogens is 793 g/mol. The fourth-order valence-electron chi connectivity index (χ4n) is 7.53. The van der Waals surface area contributed by atoms with Crippen molar-refractivity contribution in [3.05, 3.63) is 24.3 Å². The summed E-state index contributed by atoms with van der Waals surface area (Å²) in [6.07, 6.45) is 40.5. The molecule has 2 unspecified atom stereocenters. The largest absolute Gasteiger partial charge is 0.465 e. The summed E-state index contributed by atoms with van der Waals surface area (Å²) in [4.78, 5) is 40.0. The predicted octanol–water partition coefficient (Wildman–Crippen LogP) is 13.7. The quantitative estimate of drug-likeness (QED) is 0.0202. The van der Waals surface area contributed by atoms with Crippen molar-refractivity contribution in [2.24, 2.45) is 5.92 Å². The number of nitrogens with zero attached hydrogens (tertiary/aromatic N) is 1. The summed E-state index contributed by atoms with van der Waals surface area (Å²) >= 11 is 0. The van der Waals surface area contributed by atoms with Gasteiger partial charge in [-0.1, -0.05) is 174 Å². The van der Waals surface area contributed by atoms with Crippen LogP contribution in [0.25, 0.3) is 0 Å². The molecule has 63 heavy (non-hydrogen) atoms. The van der Waals surface area contributed by atoms with Crippen LogP contribution in [0.5, 0.6) is 0 Å². The lowest BCUT2D eigenvalue weighted by Gasteiger charge is -2.22. The number of aliphatic hydroxyl groups excluding tert-OH is 1. The van der Waals surface area contributed by atoms with Gasteiger partial charge in [0.1, 0.15) is 19.8 Å². The van der Waals surface area contributed by atoms with E-state index in [-0.39, 0.29) is 44.3 Å². The van der Waals surface area contributed by atoms with Gasteiger partial charge in [0.15, 0.2) is 6.29 Å². The molecule has 0 aromatic rings. The Morgan fingerprint density at radius 1 is 0.524 bits per heavy atom. The summed E-state index contributed by atoms with van der Waals surface area (Å²) in [5.74, 6) is -1.10. The maximum absolute atomic E-state index is 12.7. The number of ether oxygens (including phenoxy) is 4. The summed E-state index contributed by atoms with van der Waals surface area (Å²) in [5.41, 5.74) is 0. The van der Waals surface area contributed by atoms with Crippen molar-refractivity contribution < 1.29 is 38.4 Å². The van der Waals surface area contributed by atoms with Gasteiger partial charge < -0.3 is 34.3 Å². The van der Waals surface area contributed by atoms with E-state index in [0.717, 1.165) is 103 Å². The summed E-state index contributed by atoms with van der Waals surface area (Å²) in [6.45, 7) is 13.8. The number of unbranched alkanes of at least 4 members (excludes halogenated alkanes) is 20. The van der Waals surface area contributed by atoms with E-state index < -0.39 is 18.3 Å². The van der Waals surface area contributed by atoms with Gasteiger partial charge >= 0.3 is 18.0 Å². The molecule has 0 radical (unpaired) electrons. The molecule has 2 atom stereocenters. The molecule has 0 saturated heterocycles. The van der Waals surface area contributed by atoms with Crippen molar-refractivity contribution >= 4 is 18.0 Å². The average Bonchev–Trinajstić information content (AvgIpc) is 3.28. The van der Waals surface area contributed by atoms with Crippen LogP contribution in [0, 0.1) is 5.92 Å². The molecule has 0 saturated carbocycles. The lowest BCUT2D eigenvalue weighted by atomic mass is 10.0. The number of aliphatic hydroxyl groups is 1. The number of hydrogen-bond acceptors (Lipinski definition) is 9. The fourth-order valence-corrected chi connectivity index (χ4v) is 7.53. The Morgan fingerprint density at radius 3 is 1.49 bits per heavy atom. The second kappa shape index (κ2) is 47.5. The van der Waals surface area contributed by atoms with Crippen LogP contribution in [0.15, 0.2) is 24.3 Å². The Bertz CT molecular complexity index is 1070. The van der Waals surface area contributed by atoms with Crippen LogP contribution in [0.2, 0.25) is 0 Å². The summed E-state index contributed by atoms with van der Waals surface area (Å²) in [7, 11) is 0. The molecular formula is C53H100N2O8. The molecule has 0 spiro atoms. The molecule has 0 aromatic carbocycles. The van der Waals surface area contributed by atoms with Crippen molar-refractivity contribution in [1.82, 2.24) is 10.2 Å². The number of carbonyl (C=O) groups is 3. The first-order chi connectivity index (χ1) is 30.8. The Labute approximate surface area is 387 Å². The van der Waals surface area contributed by atoms with Gasteiger partial charge in [-0.15, -0.1) is 0 Å². The standard InChI is InChI=1S/C53H100N2O8/c1-6-11-14-17-20-21-22-23-24-25-26-27-28-31-35-40-50(56)60-45-48(47-62-53(59)54-43-44-55(9-4)10-5)46-61-51(57)41-36-32-37-42-52(58)63-49(38-33-29-18-15-12-7-2)39-34-30-19-16-13-8-3/h20-21,23-24,48-49,52,58H,6-19,22,25-47H2,1-5H3,(H,54,59)/b21-20-,24-23-. The molecule has 0 aliphatic rings. The zero-order valence-corrected chi connectivity index (χ0v) is 41.7. The predicted molar refractivity (Wildman–Crippen MR) is 262 cm³/mol. The van der Waals surface area contributed by atoms with Gasteiger partial charge in [-0.2, -0.15) is 0 Å². The molecule has 0 rings (SSSR count). The van der Waals surface area contributed by atoms with Gasteiger partial charge in [0.25, 0.3) is 0 Å². The maximum atomic E-state index is 12.7. The van der Waals surface area contributed by atoms with Crippen LogP contribution in [0.1, 0.15) is 234 Å². The topological polar surface area (TPSA) is 124 Å². The molecule has 2 N–H and O–H groups in total. The maximum Gasteiger partial charge on any atom is 0.407 e. The first-order valence-corrected chi connectivity index (χ1v) is 26.4. The smallest absolute Gasteiger partial charge is 0.407 e. The van der Waals surface area contributed by atoms with Crippen LogP contribution in [0.3, 0.4) is 0 Å². The number of nitrogens with one attached hydrogen (secondary N) is 1. The molecule has 1 amide bonds. The summed E-state index contributed by atoms with van der Waals surface area (Å²) in [6, 6.07) is 0. The van der Waals surface area contributed by atoms with Gasteiger partial charge in [0.05, 0.1) is 12.0 Å². The third-order valence-electron chi connectivity index (χ3n) is 11.8. The molecule has 370 valence electrons. The molecule has 0 aliphatic carbocycles. The van der Waals surface area contributed by atoms with Crippen molar-refractivity contribution in [3.63, 3.8) is 0 Å². The highest BCUT2D eigenvalue weighted by Crippen LogP contribution is 2.20. The van der Waals surface area contributed by atoms with Crippen LogP contribution in [0.4, 0.5) is 4.79 Å². The van der Waals surface area contributed by atoms with Crippen LogP contribution in [-0.4, -0.2) is 86.4 Å². The van der Waals surface area contributed by atoms with Gasteiger partial charge in [-0.25, -0.2) is 4.79 Å². The van der Waals surface area contributed by atoms with E-state index in [0.29, 0.717) is 25.8 Å². The minimum absolute atomic E-state index is 0.00627. The second-order valence-corrected chi connectivity index (χ2v) is 17.7. The Hall–Kier alpha value is -2.43. The van der Waals surface area contributed by atoms with Crippen molar-refractivity contribution in [2.75, 3.05) is 46.0 Å². The van der Waals surface area contributed by atoms with E-state index in [1.165, 1.54) is 89.9 Å². The third kappa shape index (κ3) is 43.2. The van der Waals surface area contributed by atoms with Crippen molar-refractivity contribution in [1.29, 1.82) is 0 Å². The first-order valence-electron chi connectivity index (χ1n) is 26.4. The number of esters is 2. The second-order valence-electron chi connectivity index (χ2n) is 17.7. The van der Waals surface area contributed by atoms with Gasteiger partial charge in [-0.05, 0) is 83.7 Å². The Kier molecular flexibility index (Phi) is 45.7. The number of likely N-dealkylation sites (N-methyl/N-ethyl adjacent to an activating group) is 1. The van der Waals surface area contributed by atoms with E-state index in [1.807, 2.05) is 0 Å². The van der Waals surface area contributed by atoms with E-state index in [9.17, 15) is 19.5 Å². The van der Waals surface area contributed by atoms with Crippen LogP contribution < -0.4 is 5.32 Å². The lowest BCUT2D eigenvalue weighted by Crippen LogP contribution is -2.36. The van der Waals surface area contributed by atoms with E-state index in [2.05, 4.69) is 69.1 Å². The highest BCUT2D eigenvalue weighted by molar-refractivity contribution is 5.70. The Morgan fingerprint density at radius 2 is 0.952 bits per heavy atom. The molecule has 10 heteroatoms. The molecule has 0 aromatic heterocycles. The lowest BCUT2D eigenvalue weighted by molar-refractivity contribution is -0.149. The minimum atomic E-state index is -0.782. The average molecular weight is 893 g/mol. The fraction of sp³-hybridized carbons (Fsp3) is 0.868. The summed E-state index contributed by atoms with van der Waals surface area (Å²) in [5, 5.41) is 13.5. The minimum Gasteiger partial charge on any atom is -0.465 e. The molecule has 0 aliphatic heterocycles. The molecule has 10 nitrogen and oxygen atoms in total. The number of carbonyl (C=O) groups excluding carboxylic acids is 3.